The van der Waals surface area contributed by atoms with E-state index >= 15 is 0 Å². The highest BCUT2D eigenvalue weighted by molar-refractivity contribution is 14.1. The van der Waals surface area contributed by atoms with Crippen molar-refractivity contribution < 1.29 is 9.59 Å². The van der Waals surface area contributed by atoms with Gasteiger partial charge in [0.05, 0.1) is 11.1 Å². The van der Waals surface area contributed by atoms with E-state index < -0.39 is 0 Å². The molecule has 0 unspecified atom stereocenters. The van der Waals surface area contributed by atoms with Gasteiger partial charge in [-0.05, 0) is 90.4 Å². The highest BCUT2D eigenvalue weighted by Gasteiger charge is 2.42. The molecule has 18 heavy (non-hydrogen) atoms. The van der Waals surface area contributed by atoms with Gasteiger partial charge < -0.3 is 0 Å². The normalized spacial score (nSPS) is 14.7. The van der Waals surface area contributed by atoms with Gasteiger partial charge in [0.25, 0.3) is 11.8 Å². The first-order valence-electron chi connectivity index (χ1n) is 4.71. The van der Waals surface area contributed by atoms with E-state index in [2.05, 4.69) is 90.4 Å². The molecule has 0 aromatic heterocycles. The molecule has 1 aromatic carbocycles. The average molecular weight is 694 g/mol. The Kier molecular flexibility index (Phi) is 4.82. The van der Waals surface area contributed by atoms with Gasteiger partial charge in [-0.15, -0.1) is 0 Å². The molecule has 0 radical (unpaired) electrons. The third-order valence-electron chi connectivity index (χ3n) is 2.48. The summed E-state index contributed by atoms with van der Waals surface area (Å²) in [5.74, 6) is -0.478. The molecular weight excluding hydrogens is 688 g/mol. The Morgan fingerprint density at radius 1 is 0.778 bits per heavy atom. The molecule has 0 atom stereocenters. The molecule has 0 spiro atoms. The molecular formula is C10H6I4N2O2. The van der Waals surface area contributed by atoms with Gasteiger partial charge in [0.15, 0.2) is 0 Å². The number of amides is 2. The summed E-state index contributed by atoms with van der Waals surface area (Å²) >= 11 is 8.70. The average Bonchev–Trinajstić information content (AvgIpc) is 2.55. The number of rotatable bonds is 1. The Morgan fingerprint density at radius 3 is 1.39 bits per heavy atom. The number of halogens is 4. The Morgan fingerprint density at radius 2 is 1.11 bits per heavy atom. The minimum Gasteiger partial charge on any atom is -0.267 e. The monoisotopic (exact) mass is 694 g/mol. The molecule has 0 aliphatic carbocycles. The zero-order valence-electron chi connectivity index (χ0n) is 9.22. The molecule has 2 rings (SSSR count). The van der Waals surface area contributed by atoms with Crippen LogP contribution in [0.4, 0.5) is 0 Å². The van der Waals surface area contributed by atoms with Gasteiger partial charge in [0, 0.05) is 28.4 Å². The zero-order valence-corrected chi connectivity index (χ0v) is 17.9. The largest absolute Gasteiger partial charge is 0.277 e. The van der Waals surface area contributed by atoms with E-state index in [1.165, 1.54) is 10.0 Å². The predicted molar refractivity (Wildman–Crippen MR) is 101 cm³/mol. The number of nitrogens with zero attached hydrogens (tertiary/aromatic N) is 2. The fourth-order valence-corrected chi connectivity index (χ4v) is 5.35. The maximum absolute atomic E-state index is 12.3. The van der Waals surface area contributed by atoms with Crippen molar-refractivity contribution in [3.8, 4) is 0 Å². The second kappa shape index (κ2) is 5.55. The fourth-order valence-electron chi connectivity index (χ4n) is 1.70. The van der Waals surface area contributed by atoms with Crippen LogP contribution in [0.1, 0.15) is 20.7 Å². The van der Waals surface area contributed by atoms with Crippen LogP contribution in [0.2, 0.25) is 0 Å². The molecule has 0 saturated heterocycles. The van der Waals surface area contributed by atoms with E-state index in [1.807, 2.05) is 0 Å². The standard InChI is InChI=1S/C10H6I4N2O2/c1-15(2)16-9(17)3-4(10(16)18)6(12)8(14)7(13)5(3)11/h1-2H3. The van der Waals surface area contributed by atoms with Crippen LogP contribution in [-0.4, -0.2) is 35.9 Å². The molecule has 0 N–H and O–H groups in total. The summed E-state index contributed by atoms with van der Waals surface area (Å²) in [5.41, 5.74) is 1.06. The van der Waals surface area contributed by atoms with Crippen LogP contribution in [0.3, 0.4) is 0 Å². The van der Waals surface area contributed by atoms with Crippen LogP contribution >= 0.6 is 90.4 Å². The van der Waals surface area contributed by atoms with Crippen molar-refractivity contribution in [2.24, 2.45) is 0 Å². The summed E-state index contributed by atoms with van der Waals surface area (Å²) in [6, 6.07) is 0. The van der Waals surface area contributed by atoms with Gasteiger partial charge >= 0.3 is 0 Å². The van der Waals surface area contributed by atoms with Gasteiger partial charge in [-0.3, -0.25) is 9.59 Å². The van der Waals surface area contributed by atoms with Crippen molar-refractivity contribution in [3.63, 3.8) is 0 Å². The van der Waals surface area contributed by atoms with Crippen molar-refractivity contribution in [1.29, 1.82) is 0 Å². The van der Waals surface area contributed by atoms with Crippen molar-refractivity contribution in [3.05, 3.63) is 25.4 Å². The van der Waals surface area contributed by atoms with Crippen molar-refractivity contribution in [2.45, 2.75) is 0 Å². The number of carbonyl (C=O) groups excluding carboxylic acids is 2. The lowest BCUT2D eigenvalue weighted by Crippen LogP contribution is -2.41. The van der Waals surface area contributed by atoms with Gasteiger partial charge in [-0.2, -0.15) is 0 Å². The summed E-state index contributed by atoms with van der Waals surface area (Å²) < 4.78 is 3.77. The molecule has 1 aliphatic heterocycles. The van der Waals surface area contributed by atoms with Gasteiger partial charge in [0.2, 0.25) is 0 Å². The summed E-state index contributed by atoms with van der Waals surface area (Å²) in [7, 11) is 3.38. The molecule has 8 heteroatoms. The first kappa shape index (κ1) is 15.6. The molecule has 96 valence electrons. The lowest BCUT2D eigenvalue weighted by Gasteiger charge is -2.20. The summed E-state index contributed by atoms with van der Waals surface area (Å²) in [6.07, 6.45) is 0. The second-order valence-electron chi connectivity index (χ2n) is 3.78. The van der Waals surface area contributed by atoms with E-state index in [1.54, 1.807) is 14.1 Å². The number of hydrazine groups is 1. The Labute approximate surface area is 159 Å². The number of carbonyl (C=O) groups is 2. The topological polar surface area (TPSA) is 40.6 Å². The number of fused-ring (bicyclic) bond motifs is 1. The van der Waals surface area contributed by atoms with Crippen LogP contribution in [0.25, 0.3) is 0 Å². The van der Waals surface area contributed by atoms with Gasteiger partial charge in [-0.25, -0.2) is 10.0 Å². The van der Waals surface area contributed by atoms with Gasteiger partial charge in [0.1, 0.15) is 0 Å². The van der Waals surface area contributed by atoms with Crippen LogP contribution < -0.4 is 0 Å². The maximum atomic E-state index is 12.3. The minimum atomic E-state index is -0.239. The molecule has 0 bridgehead atoms. The van der Waals surface area contributed by atoms with Crippen LogP contribution in [0, 0.1) is 14.3 Å². The molecule has 0 saturated carbocycles. The van der Waals surface area contributed by atoms with E-state index in [0.717, 1.165) is 14.3 Å². The number of hydrogen-bond donors (Lipinski definition) is 0. The molecule has 2 amide bonds. The van der Waals surface area contributed by atoms with Crippen molar-refractivity contribution in [2.75, 3.05) is 14.1 Å². The van der Waals surface area contributed by atoms with E-state index in [-0.39, 0.29) is 11.8 Å². The fraction of sp³-hybridized carbons (Fsp3) is 0.200. The third kappa shape index (κ3) is 2.22. The summed E-state index contributed by atoms with van der Waals surface area (Å²) in [5, 5.41) is 2.71. The molecule has 1 aromatic rings. The number of hydrogen-bond acceptors (Lipinski definition) is 3. The lowest BCUT2D eigenvalue weighted by molar-refractivity contribution is 0.0233. The highest BCUT2D eigenvalue weighted by atomic mass is 127. The highest BCUT2D eigenvalue weighted by Crippen LogP contribution is 2.37. The molecule has 1 heterocycles. The molecule has 4 nitrogen and oxygen atoms in total. The second-order valence-corrected chi connectivity index (χ2v) is 8.09. The zero-order chi connectivity index (χ0) is 13.8. The number of benzene rings is 1. The first-order chi connectivity index (χ1) is 8.29. The summed E-state index contributed by atoms with van der Waals surface area (Å²) in [6.45, 7) is 0. The Bertz CT molecular complexity index is 539. The molecule has 0 fully saturated rings. The third-order valence-corrected chi connectivity index (χ3v) is 9.89. The minimum absolute atomic E-state index is 0.239. The van der Waals surface area contributed by atoms with E-state index in [4.69, 9.17) is 0 Å². The summed E-state index contributed by atoms with van der Waals surface area (Å²) in [4.78, 5) is 24.7. The number of imide groups is 1. The first-order valence-corrected chi connectivity index (χ1v) is 9.02. The van der Waals surface area contributed by atoms with Crippen molar-refractivity contribution >= 4 is 102 Å². The van der Waals surface area contributed by atoms with Crippen LogP contribution in [-0.2, 0) is 0 Å². The van der Waals surface area contributed by atoms with Crippen LogP contribution in [0.15, 0.2) is 0 Å². The Hall–Kier alpha value is 1.24. The quantitative estimate of drug-likeness (QED) is 0.197. The van der Waals surface area contributed by atoms with E-state index in [9.17, 15) is 9.59 Å². The van der Waals surface area contributed by atoms with E-state index in [0.29, 0.717) is 11.1 Å². The van der Waals surface area contributed by atoms with Crippen LogP contribution in [0.5, 0.6) is 0 Å². The smallest absolute Gasteiger partial charge is 0.267 e. The van der Waals surface area contributed by atoms with Crippen molar-refractivity contribution in [1.82, 2.24) is 10.0 Å². The SMILES string of the molecule is CN(C)N1C(=O)c2c(I)c(I)c(I)c(I)c2C1=O. The van der Waals surface area contributed by atoms with Gasteiger partial charge in [-0.1, -0.05) is 0 Å². The lowest BCUT2D eigenvalue weighted by atomic mass is 10.1. The molecule has 1 aliphatic rings. The maximum Gasteiger partial charge on any atom is 0.277 e. The Balaban J connectivity index is 2.80. The predicted octanol–water partition coefficient (Wildman–Crippen LogP) is 3.18.